The number of nitrogens with zero attached hydrogens (tertiary/aromatic N) is 1. The van der Waals surface area contributed by atoms with E-state index in [0.29, 0.717) is 6.54 Å². The highest BCUT2D eigenvalue weighted by Gasteiger charge is 2.43. The molecule has 0 aromatic heterocycles. The van der Waals surface area contributed by atoms with Crippen molar-refractivity contribution in [3.63, 3.8) is 0 Å². The van der Waals surface area contributed by atoms with Crippen molar-refractivity contribution in [1.29, 1.82) is 0 Å². The lowest BCUT2D eigenvalue weighted by molar-refractivity contribution is -0.127. The van der Waals surface area contributed by atoms with Gasteiger partial charge in [0.15, 0.2) is 5.62 Å². The average molecular weight is 253 g/mol. The monoisotopic (exact) mass is 252 g/mol. The van der Waals surface area contributed by atoms with Crippen molar-refractivity contribution in [3.05, 3.63) is 30.3 Å². The van der Waals surface area contributed by atoms with Gasteiger partial charge in [-0.25, -0.2) is 5.43 Å². The van der Waals surface area contributed by atoms with Crippen molar-refractivity contribution in [1.82, 2.24) is 16.1 Å². The number of nitrogens with one attached hydrogen (secondary N) is 3. The van der Waals surface area contributed by atoms with E-state index < -0.39 is 5.62 Å². The molecule has 5 nitrogen and oxygen atoms in total. The Kier molecular flexibility index (Phi) is 2.66. The zero-order valence-corrected chi connectivity index (χ0v) is 9.82. The number of hydrazine groups is 1. The molecule has 0 saturated carbocycles. The largest absolute Gasteiger partial charge is 0.327 e. The Morgan fingerprint density at radius 3 is 2.82 bits per heavy atom. The molecule has 3 atom stereocenters. The summed E-state index contributed by atoms with van der Waals surface area (Å²) in [5, 5.41) is 7.78. The molecule has 3 N–H and O–H groups in total. The topological polar surface area (TPSA) is 56.4 Å². The van der Waals surface area contributed by atoms with Crippen LogP contribution in [0.5, 0.6) is 0 Å². The molecular formula is C11H13ClN4O. The van der Waals surface area contributed by atoms with Gasteiger partial charge in [0.2, 0.25) is 5.91 Å². The second kappa shape index (κ2) is 4.18. The van der Waals surface area contributed by atoms with Crippen molar-refractivity contribution in [2.75, 3.05) is 11.6 Å². The predicted molar refractivity (Wildman–Crippen MR) is 65.1 cm³/mol. The number of fused-ring (bicyclic) bond motifs is 1. The lowest BCUT2D eigenvalue weighted by Gasteiger charge is -2.34. The summed E-state index contributed by atoms with van der Waals surface area (Å²) in [6.07, 6.45) is -0.103. The van der Waals surface area contributed by atoms with E-state index in [1.165, 1.54) is 0 Å². The van der Waals surface area contributed by atoms with Gasteiger partial charge in [0, 0.05) is 6.54 Å². The van der Waals surface area contributed by atoms with Crippen LogP contribution in [-0.4, -0.2) is 24.2 Å². The van der Waals surface area contributed by atoms with E-state index in [-0.39, 0.29) is 18.0 Å². The number of hydrogen-bond acceptors (Lipinski definition) is 4. The van der Waals surface area contributed by atoms with E-state index in [9.17, 15) is 4.79 Å². The average Bonchev–Trinajstić information content (AvgIpc) is 2.74. The Labute approximate surface area is 104 Å². The van der Waals surface area contributed by atoms with Crippen molar-refractivity contribution < 1.29 is 4.79 Å². The lowest BCUT2D eigenvalue weighted by atomic mass is 10.1. The molecule has 0 bridgehead atoms. The number of carbonyl (C=O) groups excluding carboxylic acids is 1. The zero-order valence-electron chi connectivity index (χ0n) is 9.06. The van der Waals surface area contributed by atoms with Crippen molar-refractivity contribution >= 4 is 23.2 Å². The molecule has 0 spiro atoms. The first-order chi connectivity index (χ1) is 8.25. The van der Waals surface area contributed by atoms with Crippen molar-refractivity contribution in [2.45, 2.75) is 11.8 Å². The van der Waals surface area contributed by atoms with Gasteiger partial charge in [-0.2, -0.15) is 0 Å². The fourth-order valence-electron chi connectivity index (χ4n) is 2.28. The Balaban J connectivity index is 1.87. The molecule has 1 amide bonds. The number of halogens is 1. The summed E-state index contributed by atoms with van der Waals surface area (Å²) in [7, 11) is 0. The molecule has 0 aliphatic carbocycles. The van der Waals surface area contributed by atoms with E-state index in [2.05, 4.69) is 16.1 Å². The maximum absolute atomic E-state index is 11.8. The molecule has 3 rings (SSSR count). The van der Waals surface area contributed by atoms with E-state index in [0.717, 1.165) is 5.69 Å². The Morgan fingerprint density at radius 1 is 1.29 bits per heavy atom. The highest BCUT2D eigenvalue weighted by molar-refractivity contribution is 6.21. The predicted octanol–water partition coefficient (Wildman–Crippen LogP) is 0.195. The molecule has 6 heteroatoms. The number of rotatable bonds is 1. The van der Waals surface area contributed by atoms with E-state index in [4.69, 9.17) is 11.6 Å². The van der Waals surface area contributed by atoms with Gasteiger partial charge in [-0.1, -0.05) is 29.8 Å². The molecule has 17 heavy (non-hydrogen) atoms. The minimum atomic E-state index is -0.519. The van der Waals surface area contributed by atoms with Crippen LogP contribution in [0, 0.1) is 5.92 Å². The smallest absolute Gasteiger partial charge is 0.230 e. The van der Waals surface area contributed by atoms with E-state index in [1.807, 2.05) is 35.3 Å². The van der Waals surface area contributed by atoms with Crippen LogP contribution in [-0.2, 0) is 4.79 Å². The van der Waals surface area contributed by atoms with Gasteiger partial charge < -0.3 is 5.32 Å². The summed E-state index contributed by atoms with van der Waals surface area (Å²) in [5.41, 5.74) is 3.72. The first kappa shape index (κ1) is 10.8. The standard InChI is InChI=1S/C11H13ClN4O/c12-11-14-9-8(10(17)15-11)6-13-16(9)7-4-2-1-3-5-7/h1-5,8-9,11,13-14H,6H2,(H,15,17). The van der Waals surface area contributed by atoms with Gasteiger partial charge in [0.25, 0.3) is 0 Å². The quantitative estimate of drug-likeness (QED) is 0.494. The summed E-state index contributed by atoms with van der Waals surface area (Å²) in [4.78, 5) is 11.8. The second-order valence-corrected chi connectivity index (χ2v) is 4.59. The maximum Gasteiger partial charge on any atom is 0.230 e. The van der Waals surface area contributed by atoms with Crippen molar-refractivity contribution in [3.8, 4) is 0 Å². The van der Waals surface area contributed by atoms with Crippen molar-refractivity contribution in [2.24, 2.45) is 5.92 Å². The summed E-state index contributed by atoms with van der Waals surface area (Å²) >= 11 is 5.93. The van der Waals surface area contributed by atoms with Gasteiger partial charge in [-0.15, -0.1) is 0 Å². The number of carbonyl (C=O) groups is 1. The molecule has 2 aliphatic heterocycles. The van der Waals surface area contributed by atoms with Gasteiger partial charge in [0.1, 0.15) is 6.17 Å². The third kappa shape index (κ3) is 1.86. The number of para-hydroxylation sites is 1. The Hall–Kier alpha value is -1.30. The van der Waals surface area contributed by atoms with Crippen LogP contribution in [0.2, 0.25) is 0 Å². The number of hydrogen-bond donors (Lipinski definition) is 3. The summed E-state index contributed by atoms with van der Waals surface area (Å²) in [5.74, 6) is -0.134. The molecule has 1 aromatic rings. The van der Waals surface area contributed by atoms with Crippen LogP contribution >= 0.6 is 11.6 Å². The number of alkyl halides is 1. The molecule has 0 radical (unpaired) electrons. The van der Waals surface area contributed by atoms with Gasteiger partial charge in [-0.3, -0.25) is 15.1 Å². The fraction of sp³-hybridized carbons (Fsp3) is 0.364. The minimum Gasteiger partial charge on any atom is -0.327 e. The zero-order chi connectivity index (χ0) is 11.8. The highest BCUT2D eigenvalue weighted by atomic mass is 35.5. The van der Waals surface area contributed by atoms with Gasteiger partial charge in [0.05, 0.1) is 11.6 Å². The molecule has 1 aromatic carbocycles. The number of benzene rings is 1. The van der Waals surface area contributed by atoms with Crippen LogP contribution in [0.1, 0.15) is 0 Å². The molecule has 2 aliphatic rings. The number of anilines is 1. The Bertz CT molecular complexity index is 427. The molecular weight excluding hydrogens is 240 g/mol. The fourth-order valence-corrected chi connectivity index (χ4v) is 2.51. The molecule has 2 heterocycles. The lowest BCUT2D eigenvalue weighted by Crippen LogP contribution is -2.62. The normalized spacial score (nSPS) is 32.2. The van der Waals surface area contributed by atoms with E-state index >= 15 is 0 Å². The van der Waals surface area contributed by atoms with E-state index in [1.54, 1.807) is 0 Å². The molecule has 2 fully saturated rings. The summed E-state index contributed by atoms with van der Waals surface area (Å²) in [6, 6.07) is 9.87. The maximum atomic E-state index is 11.8. The van der Waals surface area contributed by atoms with Gasteiger partial charge in [-0.05, 0) is 12.1 Å². The summed E-state index contributed by atoms with van der Waals surface area (Å²) in [6.45, 7) is 0.613. The summed E-state index contributed by atoms with van der Waals surface area (Å²) < 4.78 is 0. The number of amides is 1. The van der Waals surface area contributed by atoms with Crippen LogP contribution in [0.25, 0.3) is 0 Å². The van der Waals surface area contributed by atoms with Crippen LogP contribution < -0.4 is 21.1 Å². The van der Waals surface area contributed by atoms with Crippen LogP contribution in [0.15, 0.2) is 30.3 Å². The van der Waals surface area contributed by atoms with Crippen LogP contribution in [0.3, 0.4) is 0 Å². The second-order valence-electron chi connectivity index (χ2n) is 4.16. The third-order valence-corrected chi connectivity index (χ3v) is 3.33. The third-order valence-electron chi connectivity index (χ3n) is 3.10. The molecule has 90 valence electrons. The first-order valence-electron chi connectivity index (χ1n) is 5.54. The highest BCUT2D eigenvalue weighted by Crippen LogP contribution is 2.24. The molecule has 2 saturated heterocycles. The Morgan fingerprint density at radius 2 is 2.06 bits per heavy atom. The van der Waals surface area contributed by atoms with Gasteiger partial charge >= 0.3 is 0 Å². The van der Waals surface area contributed by atoms with Crippen LogP contribution in [0.4, 0.5) is 5.69 Å². The molecule has 3 unspecified atom stereocenters. The first-order valence-corrected chi connectivity index (χ1v) is 5.97. The SMILES string of the molecule is O=C1NC(Cl)NC2C1CNN2c1ccccc1. The minimum absolute atomic E-state index is 0.0142.